The van der Waals surface area contributed by atoms with Crippen molar-refractivity contribution in [2.45, 2.75) is 39.7 Å². The van der Waals surface area contributed by atoms with Crippen molar-refractivity contribution < 1.29 is 14.3 Å². The number of hydrogen-bond acceptors (Lipinski definition) is 6. The maximum absolute atomic E-state index is 13.3. The van der Waals surface area contributed by atoms with E-state index in [9.17, 15) is 9.59 Å². The number of ether oxygens (including phenoxy) is 1. The van der Waals surface area contributed by atoms with Gasteiger partial charge >= 0.3 is 12.1 Å². The third-order valence-corrected chi connectivity index (χ3v) is 6.67. The van der Waals surface area contributed by atoms with E-state index in [1.807, 2.05) is 43.3 Å². The number of nitrogens with zero attached hydrogens (tertiary/aromatic N) is 4. The molecule has 220 valence electrons. The quantitative estimate of drug-likeness (QED) is 0.177. The molecule has 0 atom stereocenters. The molecule has 0 saturated carbocycles. The summed E-state index contributed by atoms with van der Waals surface area (Å²) >= 11 is 0. The number of rotatable bonds is 7. The van der Waals surface area contributed by atoms with Crippen LogP contribution in [0.25, 0.3) is 16.6 Å². The summed E-state index contributed by atoms with van der Waals surface area (Å²) in [4.78, 5) is 33.6. The number of anilines is 3. The molecule has 0 aliphatic rings. The highest BCUT2D eigenvalue weighted by molar-refractivity contribution is 6.06. The van der Waals surface area contributed by atoms with Crippen LogP contribution in [0.1, 0.15) is 37.6 Å². The summed E-state index contributed by atoms with van der Waals surface area (Å²) in [5, 5.41) is 16.6. The van der Waals surface area contributed by atoms with Crippen molar-refractivity contribution in [3.8, 4) is 11.4 Å². The highest BCUT2D eigenvalue weighted by Gasteiger charge is 2.22. The van der Waals surface area contributed by atoms with Crippen LogP contribution in [-0.2, 0) is 12.0 Å². The molecule has 0 radical (unpaired) electrons. The Morgan fingerprint density at radius 3 is 2.42 bits per heavy atom. The fraction of sp³-hybridized carbons (Fsp3) is 0.219. The molecule has 0 fully saturated rings. The third-order valence-electron chi connectivity index (χ3n) is 6.67. The molecule has 0 aliphatic heterocycles. The van der Waals surface area contributed by atoms with Gasteiger partial charge in [0.1, 0.15) is 29.5 Å². The first-order chi connectivity index (χ1) is 20.6. The minimum atomic E-state index is -0.416. The predicted octanol–water partition coefficient (Wildman–Crippen LogP) is 6.40. The lowest BCUT2D eigenvalue weighted by atomic mass is 9.92. The number of pyridine rings is 2. The second-order valence-electron chi connectivity index (χ2n) is 11.0. The third kappa shape index (κ3) is 6.89. The van der Waals surface area contributed by atoms with E-state index in [4.69, 9.17) is 9.84 Å². The van der Waals surface area contributed by atoms with Crippen LogP contribution in [-0.4, -0.2) is 38.9 Å². The molecule has 4 N–H and O–H groups in total. The van der Waals surface area contributed by atoms with Gasteiger partial charge in [-0.25, -0.2) is 19.3 Å². The topological polar surface area (TPSA) is 135 Å². The molecule has 5 aromatic rings. The first-order valence-electron chi connectivity index (χ1n) is 13.8. The number of carbonyl (C=O) groups is 2. The average Bonchev–Trinajstić information content (AvgIpc) is 3.41. The number of aromatic nitrogens is 4. The number of benzene rings is 2. The van der Waals surface area contributed by atoms with Crippen LogP contribution in [0.5, 0.6) is 5.75 Å². The van der Waals surface area contributed by atoms with Gasteiger partial charge in [0.05, 0.1) is 17.1 Å². The second-order valence-corrected chi connectivity index (χ2v) is 11.0. The lowest BCUT2D eigenvalue weighted by Gasteiger charge is -2.14. The largest absolute Gasteiger partial charge is 0.487 e. The van der Waals surface area contributed by atoms with Crippen molar-refractivity contribution in [2.24, 2.45) is 0 Å². The second kappa shape index (κ2) is 12.2. The van der Waals surface area contributed by atoms with Gasteiger partial charge in [0.25, 0.3) is 0 Å². The lowest BCUT2D eigenvalue weighted by molar-refractivity contribution is 0.253. The molecule has 0 saturated heterocycles. The smallest absolute Gasteiger partial charge is 0.324 e. The monoisotopic (exact) mass is 578 g/mol. The van der Waals surface area contributed by atoms with Gasteiger partial charge in [0.15, 0.2) is 0 Å². The Balaban J connectivity index is 1.35. The number of fused-ring (bicyclic) bond motifs is 1. The molecule has 11 heteroatoms. The Bertz CT molecular complexity index is 1770. The maximum atomic E-state index is 13.3. The predicted molar refractivity (Wildman–Crippen MR) is 168 cm³/mol. The summed E-state index contributed by atoms with van der Waals surface area (Å²) in [5.41, 5.74) is 4.61. The first kappa shape index (κ1) is 29.1. The van der Waals surface area contributed by atoms with Crippen molar-refractivity contribution in [3.05, 3.63) is 95.9 Å². The molecule has 11 nitrogen and oxygen atoms in total. The molecular weight excluding hydrogens is 544 g/mol. The zero-order valence-corrected chi connectivity index (χ0v) is 24.7. The molecular formula is C32H34N8O3. The van der Waals surface area contributed by atoms with Crippen molar-refractivity contribution in [1.82, 2.24) is 25.1 Å². The van der Waals surface area contributed by atoms with Gasteiger partial charge in [0, 0.05) is 36.3 Å². The van der Waals surface area contributed by atoms with Crippen molar-refractivity contribution >= 4 is 40.3 Å². The van der Waals surface area contributed by atoms with Crippen LogP contribution in [0.2, 0.25) is 0 Å². The summed E-state index contributed by atoms with van der Waals surface area (Å²) in [6, 6.07) is 19.8. The molecule has 0 spiro atoms. The normalized spacial score (nSPS) is 11.2. The van der Waals surface area contributed by atoms with E-state index in [1.54, 1.807) is 47.4 Å². The van der Waals surface area contributed by atoms with Gasteiger partial charge in [-0.15, -0.1) is 0 Å². The summed E-state index contributed by atoms with van der Waals surface area (Å²) in [5.74, 6) is 1.51. The fourth-order valence-corrected chi connectivity index (χ4v) is 4.33. The van der Waals surface area contributed by atoms with E-state index in [0.29, 0.717) is 34.0 Å². The van der Waals surface area contributed by atoms with E-state index >= 15 is 0 Å². The molecule has 0 unspecified atom stereocenters. The highest BCUT2D eigenvalue weighted by atomic mass is 16.5. The number of carbonyl (C=O) groups excluding carboxylic acids is 2. The Morgan fingerprint density at radius 1 is 0.884 bits per heavy atom. The van der Waals surface area contributed by atoms with Crippen LogP contribution in [0, 0.1) is 6.92 Å². The molecule has 4 amide bonds. The molecule has 0 bridgehead atoms. The van der Waals surface area contributed by atoms with E-state index in [-0.39, 0.29) is 18.1 Å². The summed E-state index contributed by atoms with van der Waals surface area (Å²) in [6.45, 7) is 8.49. The summed E-state index contributed by atoms with van der Waals surface area (Å²) in [7, 11) is 1.53. The number of amides is 4. The van der Waals surface area contributed by atoms with Crippen molar-refractivity contribution in [2.75, 3.05) is 23.0 Å². The van der Waals surface area contributed by atoms with E-state index < -0.39 is 6.03 Å². The first-order valence-corrected chi connectivity index (χ1v) is 13.8. The van der Waals surface area contributed by atoms with Crippen LogP contribution >= 0.6 is 0 Å². The Labute approximate surface area is 249 Å². The zero-order valence-electron chi connectivity index (χ0n) is 24.7. The van der Waals surface area contributed by atoms with Crippen LogP contribution in [0.4, 0.5) is 26.9 Å². The molecule has 43 heavy (non-hydrogen) atoms. The summed E-state index contributed by atoms with van der Waals surface area (Å²) < 4.78 is 7.84. The van der Waals surface area contributed by atoms with E-state index in [1.165, 1.54) is 7.05 Å². The SMILES string of the molecule is CNC(=O)Nc1cc(COc2ccc(NC(=O)Nc3cc(C(C)(C)C)nn3-c3ccc(C)cc3)c3cccnc23)ccn1. The van der Waals surface area contributed by atoms with Gasteiger partial charge in [-0.3, -0.25) is 15.6 Å². The molecule has 3 aromatic heterocycles. The van der Waals surface area contributed by atoms with E-state index in [2.05, 4.69) is 52.0 Å². The molecule has 0 aliphatic carbocycles. The van der Waals surface area contributed by atoms with Crippen LogP contribution < -0.4 is 26.0 Å². The van der Waals surface area contributed by atoms with E-state index in [0.717, 1.165) is 22.5 Å². The molecule has 2 aromatic carbocycles. The Hall–Kier alpha value is -5.45. The Morgan fingerprint density at radius 2 is 1.67 bits per heavy atom. The summed E-state index contributed by atoms with van der Waals surface area (Å²) in [6.07, 6.45) is 3.27. The van der Waals surface area contributed by atoms with Crippen LogP contribution in [0.15, 0.2) is 79.1 Å². The minimum absolute atomic E-state index is 0.209. The minimum Gasteiger partial charge on any atom is -0.487 e. The fourth-order valence-electron chi connectivity index (χ4n) is 4.33. The highest BCUT2D eigenvalue weighted by Crippen LogP contribution is 2.31. The van der Waals surface area contributed by atoms with Gasteiger partial charge in [-0.2, -0.15) is 5.10 Å². The van der Waals surface area contributed by atoms with Crippen molar-refractivity contribution in [1.29, 1.82) is 0 Å². The lowest BCUT2D eigenvalue weighted by Crippen LogP contribution is -2.25. The molecule has 5 rings (SSSR count). The van der Waals surface area contributed by atoms with Gasteiger partial charge in [0.2, 0.25) is 0 Å². The molecule has 3 heterocycles. The Kier molecular flexibility index (Phi) is 8.24. The van der Waals surface area contributed by atoms with Gasteiger partial charge in [-0.1, -0.05) is 38.5 Å². The number of hydrogen-bond donors (Lipinski definition) is 4. The number of aryl methyl sites for hydroxylation is 1. The van der Waals surface area contributed by atoms with Crippen LogP contribution in [0.3, 0.4) is 0 Å². The zero-order chi connectivity index (χ0) is 30.6. The average molecular weight is 579 g/mol. The van der Waals surface area contributed by atoms with Gasteiger partial charge in [-0.05, 0) is 61.0 Å². The maximum Gasteiger partial charge on any atom is 0.324 e. The standard InChI is InChI=1S/C32H34N8O3/c1-20-8-10-22(11-9-20)40-28(18-26(39-40)32(2,3)4)38-31(42)36-24-12-13-25(29-23(24)7-6-15-35-29)43-19-21-14-16-34-27(17-21)37-30(41)33-5/h6-18H,19H2,1-5H3,(H2,36,38,42)(H2,33,34,37,41). The number of urea groups is 2. The van der Waals surface area contributed by atoms with Crippen molar-refractivity contribution in [3.63, 3.8) is 0 Å². The van der Waals surface area contributed by atoms with Gasteiger partial charge < -0.3 is 15.4 Å². The number of nitrogens with one attached hydrogen (secondary N) is 4.